The molecule has 1 N–H and O–H groups in total. The van der Waals surface area contributed by atoms with E-state index < -0.39 is 0 Å². The minimum Gasteiger partial charge on any atom is -0.384 e. The molecule has 0 bridgehead atoms. The number of anilines is 1. The second kappa shape index (κ2) is 8.41. The van der Waals surface area contributed by atoms with Gasteiger partial charge in [-0.15, -0.1) is 10.2 Å². The topological polar surface area (TPSA) is 93.7 Å². The number of amides is 2. The molecule has 1 aromatic rings. The van der Waals surface area contributed by atoms with Crippen LogP contribution < -0.4 is 10.2 Å². The van der Waals surface area contributed by atoms with E-state index in [1.54, 1.807) is 19.1 Å². The minimum atomic E-state index is -0.349. The monoisotopic (exact) mass is 382 g/mol. The molecular weight excluding hydrogens is 356 g/mol. The van der Waals surface area contributed by atoms with Crippen LogP contribution in [-0.2, 0) is 25.7 Å². The molecule has 1 aliphatic carbocycles. The molecule has 1 aliphatic heterocycles. The summed E-state index contributed by atoms with van der Waals surface area (Å²) in [6.07, 6.45) is 4.71. The predicted molar refractivity (Wildman–Crippen MR) is 96.9 cm³/mol. The molecule has 1 unspecified atom stereocenters. The molecule has 0 spiro atoms. The molecule has 2 heterocycles. The van der Waals surface area contributed by atoms with Crippen LogP contribution in [0.1, 0.15) is 37.1 Å². The molecule has 144 valence electrons. The molecule has 9 heteroatoms. The molecule has 2 amide bonds. The zero-order valence-corrected chi connectivity index (χ0v) is 16.1. The lowest BCUT2D eigenvalue weighted by atomic mass is 9.87. The lowest BCUT2D eigenvalue weighted by molar-refractivity contribution is -0.126. The number of carbonyl (C=O) groups is 2. The summed E-state index contributed by atoms with van der Waals surface area (Å²) in [5.74, 6) is -0.499. The van der Waals surface area contributed by atoms with Crippen molar-refractivity contribution >= 4 is 28.3 Å². The molecular formula is C17H26N4O4S. The van der Waals surface area contributed by atoms with E-state index in [2.05, 4.69) is 15.5 Å². The van der Waals surface area contributed by atoms with Crippen molar-refractivity contribution in [3.05, 3.63) is 5.01 Å². The molecule has 1 saturated heterocycles. The molecule has 8 nitrogen and oxygen atoms in total. The van der Waals surface area contributed by atoms with Gasteiger partial charge in [0.25, 0.3) is 0 Å². The van der Waals surface area contributed by atoms with E-state index in [1.165, 1.54) is 24.2 Å². The van der Waals surface area contributed by atoms with E-state index >= 15 is 0 Å². The number of nitrogens with one attached hydrogen (secondary N) is 1. The second-order valence-corrected chi connectivity index (χ2v) is 8.22. The van der Waals surface area contributed by atoms with Gasteiger partial charge in [-0.1, -0.05) is 24.2 Å². The maximum absolute atomic E-state index is 12.6. The first-order chi connectivity index (χ1) is 12.6. The van der Waals surface area contributed by atoms with Gasteiger partial charge in [0, 0.05) is 39.1 Å². The number of rotatable bonds is 8. The minimum absolute atomic E-state index is 0.0427. The Labute approximate surface area is 157 Å². The van der Waals surface area contributed by atoms with Gasteiger partial charge in [0.1, 0.15) is 11.6 Å². The zero-order valence-electron chi connectivity index (χ0n) is 15.3. The van der Waals surface area contributed by atoms with Crippen LogP contribution in [0.2, 0.25) is 0 Å². The zero-order chi connectivity index (χ0) is 18.6. The van der Waals surface area contributed by atoms with Gasteiger partial charge in [0.15, 0.2) is 0 Å². The third-order valence-corrected chi connectivity index (χ3v) is 6.12. The van der Waals surface area contributed by atoms with Crippen LogP contribution in [0.5, 0.6) is 0 Å². The van der Waals surface area contributed by atoms with E-state index in [0.717, 1.165) is 12.8 Å². The van der Waals surface area contributed by atoms with E-state index in [4.69, 9.17) is 9.47 Å². The highest BCUT2D eigenvalue weighted by Crippen LogP contribution is 2.38. The molecule has 1 aromatic heterocycles. The third kappa shape index (κ3) is 4.21. The smallest absolute Gasteiger partial charge is 0.229 e. The van der Waals surface area contributed by atoms with Crippen LogP contribution in [0.3, 0.4) is 0 Å². The summed E-state index contributed by atoms with van der Waals surface area (Å²) in [6, 6.07) is 0. The van der Waals surface area contributed by atoms with Gasteiger partial charge in [-0.05, 0) is 12.8 Å². The Kier molecular flexibility index (Phi) is 6.20. The van der Waals surface area contributed by atoms with Crippen molar-refractivity contribution in [1.82, 2.24) is 15.5 Å². The molecule has 3 rings (SSSR count). The third-order valence-electron chi connectivity index (χ3n) is 5.20. The number of aromatic nitrogens is 2. The van der Waals surface area contributed by atoms with Crippen LogP contribution >= 0.6 is 11.3 Å². The molecule has 0 aromatic carbocycles. The van der Waals surface area contributed by atoms with Crippen molar-refractivity contribution in [2.75, 3.05) is 38.8 Å². The molecule has 2 fully saturated rings. The number of hydrogen-bond donors (Lipinski definition) is 1. The quantitative estimate of drug-likeness (QED) is 0.730. The lowest BCUT2D eigenvalue weighted by Crippen LogP contribution is -2.41. The standard InChI is InChI=1S/C17H26N4O4S/c1-24-9-13-19-20-16(26-13)21-8-12(7-14(21)22)15(23)18-10-17(11-25-2)5-3-4-6-17/h12H,3-11H2,1-2H3,(H,18,23). The lowest BCUT2D eigenvalue weighted by Gasteiger charge is -2.28. The Morgan fingerprint density at radius 3 is 2.77 bits per heavy atom. The van der Waals surface area contributed by atoms with Crippen LogP contribution in [0, 0.1) is 11.3 Å². The van der Waals surface area contributed by atoms with Crippen molar-refractivity contribution < 1.29 is 19.1 Å². The molecule has 1 atom stereocenters. The first-order valence-electron chi connectivity index (χ1n) is 8.95. The number of methoxy groups -OCH3 is 2. The van der Waals surface area contributed by atoms with Crippen molar-refractivity contribution in [2.24, 2.45) is 11.3 Å². The fraction of sp³-hybridized carbons (Fsp3) is 0.765. The number of ether oxygens (including phenoxy) is 2. The highest BCUT2D eigenvalue weighted by molar-refractivity contribution is 7.15. The first kappa shape index (κ1) is 19.2. The summed E-state index contributed by atoms with van der Waals surface area (Å²) in [5, 5.41) is 12.4. The van der Waals surface area contributed by atoms with Crippen molar-refractivity contribution in [2.45, 2.75) is 38.7 Å². The number of hydrogen-bond acceptors (Lipinski definition) is 7. The fourth-order valence-electron chi connectivity index (χ4n) is 3.83. The van der Waals surface area contributed by atoms with Crippen molar-refractivity contribution in [3.63, 3.8) is 0 Å². The largest absolute Gasteiger partial charge is 0.384 e. The highest BCUT2D eigenvalue weighted by Gasteiger charge is 2.39. The number of nitrogens with zero attached hydrogens (tertiary/aromatic N) is 3. The highest BCUT2D eigenvalue weighted by atomic mass is 32.1. The van der Waals surface area contributed by atoms with E-state index in [-0.39, 0.29) is 29.6 Å². The molecule has 1 saturated carbocycles. The average Bonchev–Trinajstić information content (AvgIpc) is 3.34. The Balaban J connectivity index is 1.56. The Bertz CT molecular complexity index is 644. The van der Waals surface area contributed by atoms with Crippen molar-refractivity contribution in [3.8, 4) is 0 Å². The summed E-state index contributed by atoms with van der Waals surface area (Å²) >= 11 is 1.32. The molecule has 2 aliphatic rings. The van der Waals surface area contributed by atoms with E-state index in [9.17, 15) is 9.59 Å². The SMILES string of the molecule is COCc1nnc(N2CC(C(=O)NCC3(COC)CCCC3)CC2=O)s1. The summed E-state index contributed by atoms with van der Waals surface area (Å²) in [6.45, 7) is 1.99. The Morgan fingerprint density at radius 2 is 2.08 bits per heavy atom. The van der Waals surface area contributed by atoms with Gasteiger partial charge in [0.2, 0.25) is 16.9 Å². The maximum Gasteiger partial charge on any atom is 0.229 e. The summed E-state index contributed by atoms with van der Waals surface area (Å²) in [5.41, 5.74) is 0.0427. The summed E-state index contributed by atoms with van der Waals surface area (Å²) in [4.78, 5) is 26.5. The number of carbonyl (C=O) groups excluding carboxylic acids is 2. The second-order valence-electron chi connectivity index (χ2n) is 7.17. The van der Waals surface area contributed by atoms with Gasteiger partial charge in [0.05, 0.1) is 12.5 Å². The van der Waals surface area contributed by atoms with Gasteiger partial charge >= 0.3 is 0 Å². The van der Waals surface area contributed by atoms with Crippen LogP contribution in [0.15, 0.2) is 0 Å². The Hall–Kier alpha value is -1.58. The van der Waals surface area contributed by atoms with Crippen LogP contribution in [-0.4, -0.2) is 55.9 Å². The van der Waals surface area contributed by atoms with Gasteiger partial charge in [-0.3, -0.25) is 14.5 Å². The van der Waals surface area contributed by atoms with Gasteiger partial charge in [-0.25, -0.2) is 0 Å². The molecule has 26 heavy (non-hydrogen) atoms. The van der Waals surface area contributed by atoms with E-state index in [1.807, 2.05) is 0 Å². The van der Waals surface area contributed by atoms with Gasteiger partial charge in [-0.2, -0.15) is 0 Å². The van der Waals surface area contributed by atoms with Crippen LogP contribution in [0.25, 0.3) is 0 Å². The van der Waals surface area contributed by atoms with E-state index in [0.29, 0.717) is 36.4 Å². The Morgan fingerprint density at radius 1 is 1.31 bits per heavy atom. The van der Waals surface area contributed by atoms with Crippen molar-refractivity contribution in [1.29, 1.82) is 0 Å². The summed E-state index contributed by atoms with van der Waals surface area (Å²) in [7, 11) is 3.29. The van der Waals surface area contributed by atoms with Gasteiger partial charge < -0.3 is 14.8 Å². The van der Waals surface area contributed by atoms with Crippen LogP contribution in [0.4, 0.5) is 5.13 Å². The maximum atomic E-state index is 12.6. The normalized spacial score (nSPS) is 22.2. The molecule has 0 radical (unpaired) electrons. The summed E-state index contributed by atoms with van der Waals surface area (Å²) < 4.78 is 10.4. The average molecular weight is 382 g/mol. The fourth-order valence-corrected chi connectivity index (χ4v) is 4.66. The first-order valence-corrected chi connectivity index (χ1v) is 9.77. The predicted octanol–water partition coefficient (Wildman–Crippen LogP) is 1.36.